The number of carbonyl (C=O) groups excluding carboxylic acids is 1. The van der Waals surface area contributed by atoms with Gasteiger partial charge in [-0.1, -0.05) is 0 Å². The average molecular weight is 301 g/mol. The molecular formula is C15H19N5O2. The quantitative estimate of drug-likeness (QED) is 0.906. The number of urea groups is 1. The van der Waals surface area contributed by atoms with Crippen molar-refractivity contribution in [2.75, 3.05) is 11.9 Å². The number of rotatable bonds is 3. The molecule has 1 saturated heterocycles. The summed E-state index contributed by atoms with van der Waals surface area (Å²) in [6.45, 7) is 0.621. The zero-order valence-corrected chi connectivity index (χ0v) is 12.4. The lowest BCUT2D eigenvalue weighted by Gasteiger charge is -2.30. The molecule has 0 radical (unpaired) electrons. The molecule has 0 bridgehead atoms. The molecule has 3 heterocycles. The van der Waals surface area contributed by atoms with Gasteiger partial charge in [-0.25, -0.2) is 9.78 Å². The van der Waals surface area contributed by atoms with Gasteiger partial charge in [-0.15, -0.1) is 0 Å². The number of hydrogen-bond acceptors (Lipinski definition) is 4. The molecule has 1 fully saturated rings. The van der Waals surface area contributed by atoms with Crippen molar-refractivity contribution in [2.24, 2.45) is 7.05 Å². The summed E-state index contributed by atoms with van der Waals surface area (Å²) >= 11 is 0. The van der Waals surface area contributed by atoms with E-state index in [9.17, 15) is 4.79 Å². The Morgan fingerprint density at radius 2 is 2.18 bits per heavy atom. The summed E-state index contributed by atoms with van der Waals surface area (Å²) < 4.78 is 7.74. The highest BCUT2D eigenvalue weighted by Crippen LogP contribution is 2.27. The maximum atomic E-state index is 12.0. The Bertz CT molecular complexity index is 628. The summed E-state index contributed by atoms with van der Waals surface area (Å²) in [4.78, 5) is 20.1. The van der Waals surface area contributed by atoms with Crippen molar-refractivity contribution < 1.29 is 9.53 Å². The molecule has 116 valence electrons. The fourth-order valence-corrected chi connectivity index (χ4v) is 2.60. The summed E-state index contributed by atoms with van der Waals surface area (Å²) in [5, 5.41) is 5.80. The minimum absolute atomic E-state index is 0.0347. The van der Waals surface area contributed by atoms with E-state index in [1.165, 1.54) is 0 Å². The third-order valence-electron chi connectivity index (χ3n) is 3.74. The van der Waals surface area contributed by atoms with Crippen LogP contribution in [0.2, 0.25) is 0 Å². The number of aromatic nitrogens is 3. The standard InChI is InChI=1S/C15H19N5O2/c1-20-10-17-9-13(20)14-8-12(4-7-22-14)19-15(21)18-11-2-5-16-6-3-11/h2-3,5-6,9-10,12,14H,4,7-8H2,1H3,(H2,16,18,19,21)/t12-,14-/m1/s1. The van der Waals surface area contributed by atoms with E-state index in [0.717, 1.165) is 24.2 Å². The minimum Gasteiger partial charge on any atom is -0.372 e. The molecule has 0 aliphatic carbocycles. The molecule has 7 heteroatoms. The Labute approximate surface area is 128 Å². The van der Waals surface area contributed by atoms with Crippen molar-refractivity contribution in [2.45, 2.75) is 25.0 Å². The van der Waals surface area contributed by atoms with Gasteiger partial charge in [0.15, 0.2) is 0 Å². The van der Waals surface area contributed by atoms with Crippen LogP contribution in [0.25, 0.3) is 0 Å². The maximum absolute atomic E-state index is 12.0. The molecule has 2 amide bonds. The number of carbonyl (C=O) groups is 1. The van der Waals surface area contributed by atoms with E-state index in [1.807, 2.05) is 17.8 Å². The first-order chi connectivity index (χ1) is 10.7. The highest BCUT2D eigenvalue weighted by atomic mass is 16.5. The molecular weight excluding hydrogens is 282 g/mol. The van der Waals surface area contributed by atoms with Gasteiger partial charge >= 0.3 is 6.03 Å². The van der Waals surface area contributed by atoms with Crippen LogP contribution < -0.4 is 10.6 Å². The van der Waals surface area contributed by atoms with Crippen LogP contribution in [0.3, 0.4) is 0 Å². The first-order valence-corrected chi connectivity index (χ1v) is 7.28. The zero-order chi connectivity index (χ0) is 15.4. The Balaban J connectivity index is 1.56. The Morgan fingerprint density at radius 1 is 1.36 bits per heavy atom. The fourth-order valence-electron chi connectivity index (χ4n) is 2.60. The predicted octanol–water partition coefficient (Wildman–Crippen LogP) is 1.86. The lowest BCUT2D eigenvalue weighted by atomic mass is 10.0. The van der Waals surface area contributed by atoms with Gasteiger partial charge in [0.1, 0.15) is 6.10 Å². The second kappa shape index (κ2) is 6.57. The molecule has 1 aliphatic heterocycles. The van der Waals surface area contributed by atoms with Crippen LogP contribution in [0.15, 0.2) is 37.1 Å². The number of pyridine rings is 1. The molecule has 0 unspecified atom stereocenters. The molecule has 0 aromatic carbocycles. The summed E-state index contributed by atoms with van der Waals surface area (Å²) in [7, 11) is 1.94. The molecule has 0 spiro atoms. The van der Waals surface area contributed by atoms with Gasteiger partial charge in [0.05, 0.1) is 18.2 Å². The van der Waals surface area contributed by atoms with Gasteiger partial charge in [0, 0.05) is 37.8 Å². The lowest BCUT2D eigenvalue weighted by molar-refractivity contribution is -0.00151. The molecule has 7 nitrogen and oxygen atoms in total. The van der Waals surface area contributed by atoms with Gasteiger partial charge < -0.3 is 19.9 Å². The largest absolute Gasteiger partial charge is 0.372 e. The molecule has 0 saturated carbocycles. The topological polar surface area (TPSA) is 81.1 Å². The van der Waals surface area contributed by atoms with E-state index >= 15 is 0 Å². The smallest absolute Gasteiger partial charge is 0.319 e. The number of nitrogens with zero attached hydrogens (tertiary/aromatic N) is 3. The van der Waals surface area contributed by atoms with E-state index in [4.69, 9.17) is 4.74 Å². The second-order valence-electron chi connectivity index (χ2n) is 5.34. The SMILES string of the molecule is Cn1cncc1[C@H]1C[C@H](NC(=O)Nc2ccncc2)CCO1. The van der Waals surface area contributed by atoms with E-state index in [0.29, 0.717) is 6.61 Å². The van der Waals surface area contributed by atoms with Crippen molar-refractivity contribution in [1.29, 1.82) is 0 Å². The van der Waals surface area contributed by atoms with E-state index in [2.05, 4.69) is 20.6 Å². The molecule has 2 N–H and O–H groups in total. The Hall–Kier alpha value is -2.41. The van der Waals surface area contributed by atoms with Gasteiger partial charge in [-0.05, 0) is 25.0 Å². The van der Waals surface area contributed by atoms with Crippen LogP contribution >= 0.6 is 0 Å². The van der Waals surface area contributed by atoms with Crippen LogP contribution in [0, 0.1) is 0 Å². The van der Waals surface area contributed by atoms with Crippen molar-refractivity contribution >= 4 is 11.7 Å². The van der Waals surface area contributed by atoms with E-state index < -0.39 is 0 Å². The van der Waals surface area contributed by atoms with Crippen LogP contribution in [0.5, 0.6) is 0 Å². The summed E-state index contributed by atoms with van der Waals surface area (Å²) in [6.07, 6.45) is 8.36. The zero-order valence-electron chi connectivity index (χ0n) is 12.4. The van der Waals surface area contributed by atoms with Crippen molar-refractivity contribution in [3.63, 3.8) is 0 Å². The predicted molar refractivity (Wildman–Crippen MR) is 81.3 cm³/mol. The normalized spacial score (nSPS) is 21.3. The third-order valence-corrected chi connectivity index (χ3v) is 3.74. The number of aryl methyl sites for hydroxylation is 1. The molecule has 1 aliphatic rings. The van der Waals surface area contributed by atoms with Crippen LogP contribution in [-0.4, -0.2) is 33.2 Å². The first-order valence-electron chi connectivity index (χ1n) is 7.28. The molecule has 2 aromatic heterocycles. The third kappa shape index (κ3) is 3.43. The van der Waals surface area contributed by atoms with Gasteiger partial charge in [-0.3, -0.25) is 4.98 Å². The molecule has 2 atom stereocenters. The number of anilines is 1. The lowest BCUT2D eigenvalue weighted by Crippen LogP contribution is -2.42. The van der Waals surface area contributed by atoms with Crippen molar-refractivity contribution in [3.05, 3.63) is 42.7 Å². The number of amides is 2. The molecule has 22 heavy (non-hydrogen) atoms. The number of imidazole rings is 1. The van der Waals surface area contributed by atoms with E-state index in [-0.39, 0.29) is 18.2 Å². The number of nitrogens with one attached hydrogen (secondary N) is 2. The van der Waals surface area contributed by atoms with Crippen molar-refractivity contribution in [1.82, 2.24) is 19.9 Å². The fraction of sp³-hybridized carbons (Fsp3) is 0.400. The van der Waals surface area contributed by atoms with Crippen LogP contribution in [-0.2, 0) is 11.8 Å². The monoisotopic (exact) mass is 301 g/mol. The van der Waals surface area contributed by atoms with Gasteiger partial charge in [0.25, 0.3) is 0 Å². The molecule has 3 rings (SSSR count). The maximum Gasteiger partial charge on any atom is 0.319 e. The van der Waals surface area contributed by atoms with Gasteiger partial charge in [-0.2, -0.15) is 0 Å². The second-order valence-corrected chi connectivity index (χ2v) is 5.34. The average Bonchev–Trinajstić information content (AvgIpc) is 2.94. The Morgan fingerprint density at radius 3 is 2.91 bits per heavy atom. The number of ether oxygens (including phenoxy) is 1. The summed E-state index contributed by atoms with van der Waals surface area (Å²) in [5.41, 5.74) is 1.75. The van der Waals surface area contributed by atoms with Gasteiger partial charge in [0.2, 0.25) is 0 Å². The first kappa shape index (κ1) is 14.5. The van der Waals surface area contributed by atoms with E-state index in [1.54, 1.807) is 30.9 Å². The van der Waals surface area contributed by atoms with Crippen molar-refractivity contribution in [3.8, 4) is 0 Å². The number of hydrogen-bond donors (Lipinski definition) is 2. The Kier molecular flexibility index (Phi) is 4.34. The highest BCUT2D eigenvalue weighted by molar-refractivity contribution is 5.89. The van der Waals surface area contributed by atoms with Crippen LogP contribution in [0.4, 0.5) is 10.5 Å². The highest BCUT2D eigenvalue weighted by Gasteiger charge is 2.26. The summed E-state index contributed by atoms with van der Waals surface area (Å²) in [6, 6.07) is 3.38. The molecule has 2 aromatic rings. The minimum atomic E-state index is -0.207. The van der Waals surface area contributed by atoms with Crippen LogP contribution in [0.1, 0.15) is 24.6 Å². The summed E-state index contributed by atoms with van der Waals surface area (Å²) in [5.74, 6) is 0.